The highest BCUT2D eigenvalue weighted by molar-refractivity contribution is 7.12. The number of fused-ring (bicyclic) bond motifs is 5. The standard InChI is InChI=1S/C26H16ClF3N2O3S/c27-16-8-7-14(26(28,29)30)12-17(16)32-24(34)19-20(25(32)35)22(23(33)18-6-3-11-36-18)31-10-9-13-4-1-2-5-15(13)21(19)31/h1-12,19-22H/t19-,20-,21+,22+/m1/s1. The number of ketones is 1. The second-order valence-corrected chi connectivity index (χ2v) is 10.2. The summed E-state index contributed by atoms with van der Waals surface area (Å²) in [4.78, 5) is 44.2. The Balaban J connectivity index is 1.51. The highest BCUT2D eigenvalue weighted by atomic mass is 35.5. The SMILES string of the molecule is O=C(c1cccs1)[C@@H]1[C@@H]2C(=O)N(c3cc(C(F)(F)F)ccc3Cl)C(=O)[C@H]2[C@@H]2c3ccccc3C=CN12. The van der Waals surface area contributed by atoms with Crippen LogP contribution in [0.25, 0.3) is 6.08 Å². The smallest absolute Gasteiger partial charge is 0.358 e. The molecular weight excluding hydrogens is 513 g/mol. The van der Waals surface area contributed by atoms with Crippen LogP contribution >= 0.6 is 22.9 Å². The lowest BCUT2D eigenvalue weighted by Crippen LogP contribution is -2.44. The van der Waals surface area contributed by atoms with Crippen molar-refractivity contribution in [2.75, 3.05) is 4.90 Å². The van der Waals surface area contributed by atoms with E-state index in [0.717, 1.165) is 28.2 Å². The molecule has 3 aromatic rings. The van der Waals surface area contributed by atoms with Gasteiger partial charge in [0.05, 0.1) is 39.0 Å². The molecule has 2 saturated heterocycles. The number of benzene rings is 2. The highest BCUT2D eigenvalue weighted by Gasteiger charge is 2.64. The van der Waals surface area contributed by atoms with Crippen molar-refractivity contribution in [2.24, 2.45) is 11.8 Å². The lowest BCUT2D eigenvalue weighted by atomic mass is 9.84. The van der Waals surface area contributed by atoms with Crippen molar-refractivity contribution in [3.63, 3.8) is 0 Å². The minimum atomic E-state index is -4.69. The van der Waals surface area contributed by atoms with Crippen LogP contribution in [0.2, 0.25) is 5.02 Å². The summed E-state index contributed by atoms with van der Waals surface area (Å²) in [6.45, 7) is 0. The molecule has 0 aliphatic carbocycles. The molecule has 5 nitrogen and oxygen atoms in total. The Morgan fingerprint density at radius 1 is 0.972 bits per heavy atom. The van der Waals surface area contributed by atoms with Crippen LogP contribution in [0.3, 0.4) is 0 Å². The fourth-order valence-corrected chi connectivity index (χ4v) is 6.42. The van der Waals surface area contributed by atoms with Gasteiger partial charge < -0.3 is 4.90 Å². The van der Waals surface area contributed by atoms with Crippen LogP contribution in [0.5, 0.6) is 0 Å². The molecule has 2 aromatic carbocycles. The number of Topliss-reactive ketones (excluding diaryl/α,β-unsaturated/α-hetero) is 1. The number of nitrogens with zero attached hydrogens (tertiary/aromatic N) is 2. The van der Waals surface area contributed by atoms with Gasteiger partial charge in [-0.05, 0) is 46.8 Å². The molecule has 0 unspecified atom stereocenters. The maximum absolute atomic E-state index is 13.8. The zero-order valence-corrected chi connectivity index (χ0v) is 19.8. The monoisotopic (exact) mass is 528 g/mol. The molecule has 4 atom stereocenters. The van der Waals surface area contributed by atoms with Gasteiger partial charge in [-0.3, -0.25) is 14.4 Å². The Bertz CT molecular complexity index is 1450. The van der Waals surface area contributed by atoms with E-state index in [4.69, 9.17) is 11.6 Å². The van der Waals surface area contributed by atoms with Crippen LogP contribution in [-0.4, -0.2) is 28.5 Å². The maximum atomic E-state index is 13.8. The predicted molar refractivity (Wildman–Crippen MR) is 128 cm³/mol. The van der Waals surface area contributed by atoms with Gasteiger partial charge in [-0.1, -0.05) is 41.9 Å². The maximum Gasteiger partial charge on any atom is 0.416 e. The molecule has 0 N–H and O–H groups in total. The molecule has 4 heterocycles. The fraction of sp³-hybridized carbons (Fsp3) is 0.192. The average molecular weight is 529 g/mol. The van der Waals surface area contributed by atoms with Crippen LogP contribution in [0.15, 0.2) is 66.2 Å². The van der Waals surface area contributed by atoms with E-state index in [-0.39, 0.29) is 16.5 Å². The Hall–Kier alpha value is -3.43. The molecule has 10 heteroatoms. The zero-order valence-electron chi connectivity index (χ0n) is 18.3. The third kappa shape index (κ3) is 3.26. The molecule has 0 bridgehead atoms. The van der Waals surface area contributed by atoms with Gasteiger partial charge in [0.2, 0.25) is 11.8 Å². The summed E-state index contributed by atoms with van der Waals surface area (Å²) in [6.07, 6.45) is -1.13. The van der Waals surface area contributed by atoms with Crippen LogP contribution in [-0.2, 0) is 15.8 Å². The minimum absolute atomic E-state index is 0.161. The summed E-state index contributed by atoms with van der Waals surface area (Å²) < 4.78 is 40.3. The number of halogens is 4. The molecule has 0 spiro atoms. The quantitative estimate of drug-likeness (QED) is 0.317. The Morgan fingerprint density at radius 2 is 1.72 bits per heavy atom. The summed E-state index contributed by atoms with van der Waals surface area (Å²) in [6, 6.07) is 11.6. The van der Waals surface area contributed by atoms with Crippen molar-refractivity contribution < 1.29 is 27.6 Å². The number of carbonyl (C=O) groups is 3. The number of thiophene rings is 1. The zero-order chi connectivity index (χ0) is 25.4. The van der Waals surface area contributed by atoms with E-state index in [1.54, 1.807) is 28.6 Å². The lowest BCUT2D eigenvalue weighted by molar-refractivity contribution is -0.137. The van der Waals surface area contributed by atoms with Gasteiger partial charge in [0.25, 0.3) is 0 Å². The first kappa shape index (κ1) is 23.0. The van der Waals surface area contributed by atoms with Gasteiger partial charge in [0.15, 0.2) is 5.78 Å². The van der Waals surface area contributed by atoms with Crippen molar-refractivity contribution in [3.05, 3.63) is 92.8 Å². The van der Waals surface area contributed by atoms with E-state index < -0.39 is 47.5 Å². The van der Waals surface area contributed by atoms with E-state index in [1.165, 1.54) is 11.3 Å². The second kappa shape index (κ2) is 8.04. The number of imide groups is 1. The van der Waals surface area contributed by atoms with E-state index in [1.807, 2.05) is 30.3 Å². The number of rotatable bonds is 3. The van der Waals surface area contributed by atoms with Crippen molar-refractivity contribution in [1.82, 2.24) is 4.90 Å². The van der Waals surface area contributed by atoms with Crippen LogP contribution < -0.4 is 4.90 Å². The molecule has 1 aromatic heterocycles. The van der Waals surface area contributed by atoms with Crippen LogP contribution in [0.4, 0.5) is 18.9 Å². The summed E-state index contributed by atoms with van der Waals surface area (Å²) in [5.41, 5.74) is 0.259. The minimum Gasteiger partial charge on any atom is -0.358 e. The van der Waals surface area contributed by atoms with Crippen molar-refractivity contribution in [3.8, 4) is 0 Å². The number of amides is 2. The Kier molecular flexibility index (Phi) is 5.14. The highest BCUT2D eigenvalue weighted by Crippen LogP contribution is 2.54. The largest absolute Gasteiger partial charge is 0.416 e. The van der Waals surface area contributed by atoms with Gasteiger partial charge in [-0.25, -0.2) is 4.90 Å². The summed E-state index contributed by atoms with van der Waals surface area (Å²) in [7, 11) is 0. The van der Waals surface area contributed by atoms with Gasteiger partial charge in [-0.15, -0.1) is 11.3 Å². The van der Waals surface area contributed by atoms with Gasteiger partial charge in [-0.2, -0.15) is 13.2 Å². The number of hydrogen-bond acceptors (Lipinski definition) is 5. The summed E-state index contributed by atoms with van der Waals surface area (Å²) >= 11 is 7.44. The molecule has 6 rings (SSSR count). The van der Waals surface area contributed by atoms with Gasteiger partial charge >= 0.3 is 6.18 Å². The van der Waals surface area contributed by atoms with E-state index in [2.05, 4.69) is 0 Å². The molecule has 182 valence electrons. The molecule has 2 amide bonds. The third-order valence-electron chi connectivity index (χ3n) is 7.01. The number of alkyl halides is 3. The normalized spacial score (nSPS) is 24.7. The number of carbonyl (C=O) groups excluding carboxylic acids is 3. The molecular formula is C26H16ClF3N2O3S. The van der Waals surface area contributed by atoms with Crippen molar-refractivity contribution in [1.29, 1.82) is 0 Å². The first-order valence-electron chi connectivity index (χ1n) is 11.1. The molecule has 0 saturated carbocycles. The molecule has 2 fully saturated rings. The van der Waals surface area contributed by atoms with Crippen molar-refractivity contribution in [2.45, 2.75) is 18.3 Å². The Morgan fingerprint density at radius 3 is 2.44 bits per heavy atom. The topological polar surface area (TPSA) is 57.7 Å². The van der Waals surface area contributed by atoms with Crippen LogP contribution in [0, 0.1) is 11.8 Å². The van der Waals surface area contributed by atoms with Gasteiger partial charge in [0, 0.05) is 6.20 Å². The third-order valence-corrected chi connectivity index (χ3v) is 8.21. The summed E-state index contributed by atoms with van der Waals surface area (Å²) in [5.74, 6) is -3.78. The number of anilines is 1. The van der Waals surface area contributed by atoms with Crippen LogP contribution in [0.1, 0.15) is 32.4 Å². The first-order valence-corrected chi connectivity index (χ1v) is 12.3. The van der Waals surface area contributed by atoms with Crippen molar-refractivity contribution >= 4 is 52.3 Å². The van der Waals surface area contributed by atoms with E-state index in [0.29, 0.717) is 10.9 Å². The predicted octanol–water partition coefficient (Wildman–Crippen LogP) is 5.82. The van der Waals surface area contributed by atoms with E-state index in [9.17, 15) is 27.6 Å². The Labute approximate surface area is 212 Å². The van der Waals surface area contributed by atoms with Gasteiger partial charge in [0.1, 0.15) is 6.04 Å². The molecule has 36 heavy (non-hydrogen) atoms. The average Bonchev–Trinajstić information content (AvgIpc) is 3.55. The number of hydrogen-bond donors (Lipinski definition) is 0. The molecule has 3 aliphatic heterocycles. The first-order chi connectivity index (χ1) is 17.2. The lowest BCUT2D eigenvalue weighted by Gasteiger charge is -2.35. The second-order valence-electron chi connectivity index (χ2n) is 8.85. The molecule has 3 aliphatic rings. The fourth-order valence-electron chi connectivity index (χ4n) is 5.52. The summed E-state index contributed by atoms with van der Waals surface area (Å²) in [5, 5.41) is 1.58. The molecule has 0 radical (unpaired) electrons. The van der Waals surface area contributed by atoms with E-state index >= 15 is 0 Å².